The Kier molecular flexibility index (Phi) is 7.72. The minimum atomic E-state index is -0.219. The van der Waals surface area contributed by atoms with Crippen LogP contribution in [0.15, 0.2) is 82.7 Å². The third-order valence-corrected chi connectivity index (χ3v) is 6.62. The summed E-state index contributed by atoms with van der Waals surface area (Å²) in [6.45, 7) is 2.60. The molecule has 0 aliphatic heterocycles. The first-order valence-electron chi connectivity index (χ1n) is 11.2. The molecule has 0 aliphatic carbocycles. The standard InChI is InChI=1S/C27H27N3O4S/c1-18(19-9-5-4-6-10-19)16-28-25(31)17-35-27-29-22-12-8-7-11-21(22)26(32)30(27)20-13-14-23(33-2)24(15-20)34-3/h4-15,18H,16-17H2,1-3H3,(H,28,31). The van der Waals surface area contributed by atoms with E-state index in [2.05, 4.69) is 12.2 Å². The highest BCUT2D eigenvalue weighted by molar-refractivity contribution is 7.99. The molecular weight excluding hydrogens is 462 g/mol. The van der Waals surface area contributed by atoms with Crippen LogP contribution in [-0.2, 0) is 4.79 Å². The van der Waals surface area contributed by atoms with E-state index in [0.29, 0.717) is 39.8 Å². The minimum absolute atomic E-state index is 0.125. The van der Waals surface area contributed by atoms with Crippen molar-refractivity contribution in [1.82, 2.24) is 14.9 Å². The summed E-state index contributed by atoms with van der Waals surface area (Å²) in [4.78, 5) is 30.8. The average molecular weight is 490 g/mol. The van der Waals surface area contributed by atoms with Gasteiger partial charge in [0.15, 0.2) is 16.7 Å². The number of nitrogens with zero attached hydrogens (tertiary/aromatic N) is 2. The number of benzene rings is 3. The van der Waals surface area contributed by atoms with Gasteiger partial charge in [-0.15, -0.1) is 0 Å². The molecule has 1 atom stereocenters. The number of para-hydroxylation sites is 1. The lowest BCUT2D eigenvalue weighted by atomic mass is 10.0. The second kappa shape index (κ2) is 11.1. The summed E-state index contributed by atoms with van der Waals surface area (Å²) in [6, 6.07) is 22.5. The van der Waals surface area contributed by atoms with E-state index in [9.17, 15) is 9.59 Å². The van der Waals surface area contributed by atoms with E-state index in [1.165, 1.54) is 21.9 Å². The van der Waals surface area contributed by atoms with Crippen molar-refractivity contribution >= 4 is 28.6 Å². The van der Waals surface area contributed by atoms with Crippen molar-refractivity contribution < 1.29 is 14.3 Å². The van der Waals surface area contributed by atoms with Crippen LogP contribution in [-0.4, -0.2) is 42.0 Å². The van der Waals surface area contributed by atoms with E-state index in [4.69, 9.17) is 14.5 Å². The van der Waals surface area contributed by atoms with Crippen molar-refractivity contribution in [2.24, 2.45) is 0 Å². The predicted octanol–water partition coefficient (Wildman–Crippen LogP) is 4.41. The summed E-state index contributed by atoms with van der Waals surface area (Å²) in [5.41, 5.74) is 2.10. The predicted molar refractivity (Wildman–Crippen MR) is 139 cm³/mol. The van der Waals surface area contributed by atoms with E-state index >= 15 is 0 Å². The number of aromatic nitrogens is 2. The summed E-state index contributed by atoms with van der Waals surface area (Å²) in [6.07, 6.45) is 0. The molecule has 0 spiro atoms. The Balaban J connectivity index is 1.59. The molecule has 0 bridgehead atoms. The molecule has 4 aromatic rings. The summed E-state index contributed by atoms with van der Waals surface area (Å²) in [5.74, 6) is 1.24. The van der Waals surface area contributed by atoms with Crippen molar-refractivity contribution in [1.29, 1.82) is 0 Å². The van der Waals surface area contributed by atoms with Gasteiger partial charge in [0.25, 0.3) is 5.56 Å². The highest BCUT2D eigenvalue weighted by atomic mass is 32.2. The van der Waals surface area contributed by atoms with Crippen LogP contribution in [0.4, 0.5) is 0 Å². The topological polar surface area (TPSA) is 82.5 Å². The van der Waals surface area contributed by atoms with Gasteiger partial charge < -0.3 is 14.8 Å². The van der Waals surface area contributed by atoms with Crippen LogP contribution in [0.1, 0.15) is 18.4 Å². The van der Waals surface area contributed by atoms with Crippen molar-refractivity contribution in [2.45, 2.75) is 18.0 Å². The van der Waals surface area contributed by atoms with Gasteiger partial charge in [0.2, 0.25) is 5.91 Å². The van der Waals surface area contributed by atoms with Crippen LogP contribution in [0.3, 0.4) is 0 Å². The van der Waals surface area contributed by atoms with Gasteiger partial charge >= 0.3 is 0 Å². The smallest absolute Gasteiger partial charge is 0.266 e. The van der Waals surface area contributed by atoms with E-state index < -0.39 is 0 Å². The Labute approximate surface area is 208 Å². The lowest BCUT2D eigenvalue weighted by molar-refractivity contribution is -0.118. The fourth-order valence-corrected chi connectivity index (χ4v) is 4.59. The summed E-state index contributed by atoms with van der Waals surface area (Å²) < 4.78 is 12.3. The number of methoxy groups -OCH3 is 2. The lowest BCUT2D eigenvalue weighted by Crippen LogP contribution is -2.29. The van der Waals surface area contributed by atoms with Crippen LogP contribution in [0, 0.1) is 0 Å². The molecule has 35 heavy (non-hydrogen) atoms. The Morgan fingerprint density at radius 3 is 2.46 bits per heavy atom. The number of amides is 1. The molecule has 0 saturated heterocycles. The van der Waals surface area contributed by atoms with Crippen LogP contribution >= 0.6 is 11.8 Å². The maximum atomic E-state index is 13.5. The molecule has 1 amide bonds. The van der Waals surface area contributed by atoms with E-state index in [1.807, 2.05) is 36.4 Å². The van der Waals surface area contributed by atoms with Gasteiger partial charge in [-0.2, -0.15) is 0 Å². The first kappa shape index (κ1) is 24.3. The first-order chi connectivity index (χ1) is 17.0. The number of thioether (sulfide) groups is 1. The van der Waals surface area contributed by atoms with E-state index in [1.54, 1.807) is 50.6 Å². The second-order valence-electron chi connectivity index (χ2n) is 8.00. The normalized spacial score (nSPS) is 11.7. The number of fused-ring (bicyclic) bond motifs is 1. The first-order valence-corrected chi connectivity index (χ1v) is 12.2. The zero-order valence-corrected chi connectivity index (χ0v) is 20.7. The molecule has 0 aliphatic rings. The number of carbonyl (C=O) groups is 1. The zero-order chi connectivity index (χ0) is 24.8. The number of carbonyl (C=O) groups excluding carboxylic acids is 1. The van der Waals surface area contributed by atoms with E-state index in [-0.39, 0.29) is 23.1 Å². The number of ether oxygens (including phenoxy) is 2. The van der Waals surface area contributed by atoms with Crippen LogP contribution < -0.4 is 20.3 Å². The number of nitrogens with one attached hydrogen (secondary N) is 1. The van der Waals surface area contributed by atoms with Crippen molar-refractivity contribution in [3.63, 3.8) is 0 Å². The molecule has 0 radical (unpaired) electrons. The number of hydrogen-bond donors (Lipinski definition) is 1. The van der Waals surface area contributed by atoms with Crippen LogP contribution in [0.5, 0.6) is 11.5 Å². The van der Waals surface area contributed by atoms with E-state index in [0.717, 1.165) is 0 Å². The average Bonchev–Trinajstić information content (AvgIpc) is 2.90. The number of rotatable bonds is 9. The summed E-state index contributed by atoms with van der Waals surface area (Å²) in [7, 11) is 3.10. The SMILES string of the molecule is COc1ccc(-n2c(SCC(=O)NCC(C)c3ccccc3)nc3ccccc3c2=O)cc1OC. The molecule has 0 saturated carbocycles. The summed E-state index contributed by atoms with van der Waals surface area (Å²) in [5, 5.41) is 3.90. The third kappa shape index (κ3) is 5.49. The third-order valence-electron chi connectivity index (χ3n) is 5.68. The van der Waals surface area contributed by atoms with Gasteiger partial charge in [-0.1, -0.05) is 61.2 Å². The van der Waals surface area contributed by atoms with Crippen LogP contribution in [0.25, 0.3) is 16.6 Å². The quantitative estimate of drug-likeness (QED) is 0.277. The van der Waals surface area contributed by atoms with Crippen molar-refractivity contribution in [3.8, 4) is 17.2 Å². The Morgan fingerprint density at radius 2 is 1.71 bits per heavy atom. The molecule has 1 N–H and O–H groups in total. The van der Waals surface area contributed by atoms with Gasteiger partial charge in [-0.05, 0) is 35.7 Å². The Bertz CT molecular complexity index is 1390. The fourth-order valence-electron chi connectivity index (χ4n) is 3.75. The molecule has 8 heteroatoms. The van der Waals surface area contributed by atoms with Crippen molar-refractivity contribution in [2.75, 3.05) is 26.5 Å². The van der Waals surface area contributed by atoms with Gasteiger partial charge in [0.05, 0.1) is 36.6 Å². The molecule has 180 valence electrons. The van der Waals surface area contributed by atoms with Gasteiger partial charge in [0, 0.05) is 12.6 Å². The molecule has 7 nitrogen and oxygen atoms in total. The fraction of sp³-hybridized carbons (Fsp3) is 0.222. The minimum Gasteiger partial charge on any atom is -0.493 e. The zero-order valence-electron chi connectivity index (χ0n) is 19.9. The largest absolute Gasteiger partial charge is 0.493 e. The molecule has 1 unspecified atom stereocenters. The van der Waals surface area contributed by atoms with Gasteiger partial charge in [0.1, 0.15) is 0 Å². The molecular formula is C27H27N3O4S. The second-order valence-corrected chi connectivity index (χ2v) is 8.94. The molecule has 1 heterocycles. The van der Waals surface area contributed by atoms with Crippen LogP contribution in [0.2, 0.25) is 0 Å². The molecule has 3 aromatic carbocycles. The number of hydrogen-bond acceptors (Lipinski definition) is 6. The monoisotopic (exact) mass is 489 g/mol. The molecule has 1 aromatic heterocycles. The van der Waals surface area contributed by atoms with Gasteiger partial charge in [-0.25, -0.2) is 4.98 Å². The highest BCUT2D eigenvalue weighted by Gasteiger charge is 2.17. The van der Waals surface area contributed by atoms with Crippen molar-refractivity contribution in [3.05, 3.63) is 88.7 Å². The highest BCUT2D eigenvalue weighted by Crippen LogP contribution is 2.30. The Morgan fingerprint density at radius 1 is 1.00 bits per heavy atom. The molecule has 0 fully saturated rings. The lowest BCUT2D eigenvalue weighted by Gasteiger charge is -2.16. The summed E-state index contributed by atoms with van der Waals surface area (Å²) >= 11 is 1.22. The Hall–Kier alpha value is -3.78. The molecule has 4 rings (SSSR count). The maximum Gasteiger partial charge on any atom is 0.266 e. The van der Waals surface area contributed by atoms with Gasteiger partial charge in [-0.3, -0.25) is 14.2 Å². The maximum absolute atomic E-state index is 13.5.